The number of benzene rings is 1. The second-order valence-corrected chi connectivity index (χ2v) is 6.67. The molecule has 0 radical (unpaired) electrons. The Labute approximate surface area is 147 Å². The predicted molar refractivity (Wildman–Crippen MR) is 94.1 cm³/mol. The molecule has 1 heterocycles. The summed E-state index contributed by atoms with van der Waals surface area (Å²) in [6, 6.07) is 6.00. The minimum Gasteiger partial charge on any atom is -0.351 e. The molecule has 3 rings (SSSR count). The highest BCUT2D eigenvalue weighted by Gasteiger charge is 2.30. The van der Waals surface area contributed by atoms with E-state index in [0.29, 0.717) is 37.4 Å². The first-order chi connectivity index (χ1) is 12.0. The zero-order valence-corrected chi connectivity index (χ0v) is 14.2. The second kappa shape index (κ2) is 7.55. The standard InChI is InChI=1S/C18H24N4O3/c19-18(25)20-15-7-5-14(6-8-15)17(24)22-11-9-21(10-12-22)16(23)13-3-1-2-4-13/h5-8,13H,1-4,9-12H2,(H3,19,20,25). The Kier molecular flexibility index (Phi) is 5.21. The Balaban J connectivity index is 1.54. The Hall–Kier alpha value is -2.57. The van der Waals surface area contributed by atoms with Crippen LogP contribution in [-0.2, 0) is 4.79 Å². The van der Waals surface area contributed by atoms with Crippen molar-refractivity contribution in [2.75, 3.05) is 31.5 Å². The molecule has 0 aromatic heterocycles. The van der Waals surface area contributed by atoms with Crippen LogP contribution < -0.4 is 11.1 Å². The maximum absolute atomic E-state index is 12.6. The first-order valence-corrected chi connectivity index (χ1v) is 8.79. The van der Waals surface area contributed by atoms with Crippen molar-refractivity contribution in [3.8, 4) is 0 Å². The van der Waals surface area contributed by atoms with E-state index >= 15 is 0 Å². The van der Waals surface area contributed by atoms with Crippen LogP contribution in [0.3, 0.4) is 0 Å². The average molecular weight is 344 g/mol. The monoisotopic (exact) mass is 344 g/mol. The molecule has 0 atom stereocenters. The van der Waals surface area contributed by atoms with Gasteiger partial charge in [-0.05, 0) is 37.1 Å². The molecule has 0 spiro atoms. The van der Waals surface area contributed by atoms with E-state index in [1.165, 1.54) is 0 Å². The fourth-order valence-electron chi connectivity index (χ4n) is 3.58. The highest BCUT2D eigenvalue weighted by molar-refractivity contribution is 5.95. The second-order valence-electron chi connectivity index (χ2n) is 6.67. The van der Waals surface area contributed by atoms with Crippen LogP contribution in [0.25, 0.3) is 0 Å². The molecule has 1 saturated heterocycles. The van der Waals surface area contributed by atoms with Gasteiger partial charge in [0.05, 0.1) is 0 Å². The Morgan fingerprint density at radius 2 is 1.48 bits per heavy atom. The molecule has 2 aliphatic rings. The third-order valence-corrected chi connectivity index (χ3v) is 4.98. The Bertz CT molecular complexity index is 645. The summed E-state index contributed by atoms with van der Waals surface area (Å²) in [6.07, 6.45) is 4.30. The Morgan fingerprint density at radius 1 is 0.920 bits per heavy atom. The maximum atomic E-state index is 12.6. The molecular weight excluding hydrogens is 320 g/mol. The maximum Gasteiger partial charge on any atom is 0.316 e. The lowest BCUT2D eigenvalue weighted by Gasteiger charge is -2.36. The molecule has 25 heavy (non-hydrogen) atoms. The molecule has 7 nitrogen and oxygen atoms in total. The molecule has 2 fully saturated rings. The molecule has 1 aliphatic carbocycles. The molecule has 7 heteroatoms. The van der Waals surface area contributed by atoms with Crippen LogP contribution in [0.4, 0.5) is 10.5 Å². The van der Waals surface area contributed by atoms with Gasteiger partial charge in [-0.2, -0.15) is 0 Å². The zero-order valence-electron chi connectivity index (χ0n) is 14.2. The summed E-state index contributed by atoms with van der Waals surface area (Å²) in [5, 5.41) is 2.47. The molecular formula is C18H24N4O3. The number of amides is 4. The van der Waals surface area contributed by atoms with Gasteiger partial charge in [0, 0.05) is 43.3 Å². The van der Waals surface area contributed by atoms with Gasteiger partial charge < -0.3 is 20.9 Å². The number of nitrogens with one attached hydrogen (secondary N) is 1. The van der Waals surface area contributed by atoms with E-state index in [4.69, 9.17) is 5.73 Å². The van der Waals surface area contributed by atoms with Crippen LogP contribution >= 0.6 is 0 Å². The number of urea groups is 1. The van der Waals surface area contributed by atoms with Crippen LogP contribution in [0.1, 0.15) is 36.0 Å². The highest BCUT2D eigenvalue weighted by atomic mass is 16.2. The van der Waals surface area contributed by atoms with Crippen molar-refractivity contribution >= 4 is 23.5 Å². The van der Waals surface area contributed by atoms with Gasteiger partial charge in [-0.1, -0.05) is 12.8 Å². The van der Waals surface area contributed by atoms with Crippen molar-refractivity contribution in [1.29, 1.82) is 0 Å². The summed E-state index contributed by atoms with van der Waals surface area (Å²) in [5.74, 6) is 0.387. The number of anilines is 1. The fourth-order valence-corrected chi connectivity index (χ4v) is 3.58. The third-order valence-electron chi connectivity index (χ3n) is 4.98. The summed E-state index contributed by atoms with van der Waals surface area (Å²) in [5.41, 5.74) is 6.18. The van der Waals surface area contributed by atoms with E-state index in [1.54, 1.807) is 29.2 Å². The number of nitrogens with zero attached hydrogens (tertiary/aromatic N) is 2. The van der Waals surface area contributed by atoms with Gasteiger partial charge in [-0.3, -0.25) is 9.59 Å². The minimum absolute atomic E-state index is 0.0569. The first-order valence-electron chi connectivity index (χ1n) is 8.79. The SMILES string of the molecule is NC(=O)Nc1ccc(C(=O)N2CCN(C(=O)C3CCCC3)CC2)cc1. The average Bonchev–Trinajstić information content (AvgIpc) is 3.15. The van der Waals surface area contributed by atoms with Gasteiger partial charge in [0.2, 0.25) is 5.91 Å². The van der Waals surface area contributed by atoms with Gasteiger partial charge in [0.25, 0.3) is 5.91 Å². The van der Waals surface area contributed by atoms with Gasteiger partial charge in [0.15, 0.2) is 0 Å². The number of primary amides is 1. The van der Waals surface area contributed by atoms with Crippen molar-refractivity contribution in [2.24, 2.45) is 11.7 Å². The molecule has 1 aromatic rings. The molecule has 0 bridgehead atoms. The van der Waals surface area contributed by atoms with Crippen LogP contribution in [-0.4, -0.2) is 53.8 Å². The number of carbonyl (C=O) groups is 3. The van der Waals surface area contributed by atoms with Crippen LogP contribution in [0.5, 0.6) is 0 Å². The normalized spacial score (nSPS) is 18.2. The molecule has 3 N–H and O–H groups in total. The number of carbonyl (C=O) groups excluding carboxylic acids is 3. The Morgan fingerprint density at radius 3 is 2.04 bits per heavy atom. The predicted octanol–water partition coefficient (Wildman–Crippen LogP) is 1.65. The molecule has 1 aliphatic heterocycles. The van der Waals surface area contributed by atoms with Crippen LogP contribution in [0, 0.1) is 5.92 Å². The smallest absolute Gasteiger partial charge is 0.316 e. The molecule has 0 unspecified atom stereocenters. The van der Waals surface area contributed by atoms with E-state index in [0.717, 1.165) is 25.7 Å². The lowest BCUT2D eigenvalue weighted by Crippen LogP contribution is -2.51. The molecule has 1 saturated carbocycles. The molecule has 134 valence electrons. The quantitative estimate of drug-likeness (QED) is 0.873. The van der Waals surface area contributed by atoms with Crippen molar-refractivity contribution in [2.45, 2.75) is 25.7 Å². The number of piperazine rings is 1. The van der Waals surface area contributed by atoms with Gasteiger partial charge >= 0.3 is 6.03 Å². The minimum atomic E-state index is -0.637. The number of nitrogens with two attached hydrogens (primary N) is 1. The highest BCUT2D eigenvalue weighted by Crippen LogP contribution is 2.27. The van der Waals surface area contributed by atoms with E-state index in [2.05, 4.69) is 5.32 Å². The summed E-state index contributed by atoms with van der Waals surface area (Å²) in [7, 11) is 0. The van der Waals surface area contributed by atoms with Gasteiger partial charge in [-0.15, -0.1) is 0 Å². The zero-order chi connectivity index (χ0) is 17.8. The van der Waals surface area contributed by atoms with Crippen molar-refractivity contribution in [1.82, 2.24) is 9.80 Å². The summed E-state index contributed by atoms with van der Waals surface area (Å²) >= 11 is 0. The topological polar surface area (TPSA) is 95.7 Å². The van der Waals surface area contributed by atoms with Crippen LogP contribution in [0.2, 0.25) is 0 Å². The number of hydrogen-bond donors (Lipinski definition) is 2. The van der Waals surface area contributed by atoms with E-state index < -0.39 is 6.03 Å². The van der Waals surface area contributed by atoms with Crippen LogP contribution in [0.15, 0.2) is 24.3 Å². The molecule has 4 amide bonds. The third kappa shape index (κ3) is 4.10. The van der Waals surface area contributed by atoms with E-state index in [9.17, 15) is 14.4 Å². The van der Waals surface area contributed by atoms with Crippen molar-refractivity contribution < 1.29 is 14.4 Å². The van der Waals surface area contributed by atoms with Gasteiger partial charge in [0.1, 0.15) is 0 Å². The summed E-state index contributed by atoms with van der Waals surface area (Å²) in [4.78, 5) is 39.5. The fraction of sp³-hybridized carbons (Fsp3) is 0.500. The lowest BCUT2D eigenvalue weighted by atomic mass is 10.1. The number of hydrogen-bond acceptors (Lipinski definition) is 3. The number of rotatable bonds is 3. The van der Waals surface area contributed by atoms with Crippen molar-refractivity contribution in [3.63, 3.8) is 0 Å². The van der Waals surface area contributed by atoms with Crippen molar-refractivity contribution in [3.05, 3.63) is 29.8 Å². The first kappa shape index (κ1) is 17.3. The summed E-state index contributed by atoms with van der Waals surface area (Å²) in [6.45, 7) is 2.31. The van der Waals surface area contributed by atoms with E-state index in [1.807, 2.05) is 4.90 Å². The lowest BCUT2D eigenvalue weighted by molar-refractivity contribution is -0.136. The largest absolute Gasteiger partial charge is 0.351 e. The summed E-state index contributed by atoms with van der Waals surface area (Å²) < 4.78 is 0. The van der Waals surface area contributed by atoms with E-state index in [-0.39, 0.29) is 17.7 Å². The molecule has 1 aromatic carbocycles. The van der Waals surface area contributed by atoms with Gasteiger partial charge in [-0.25, -0.2) is 4.79 Å².